The van der Waals surface area contributed by atoms with Crippen molar-refractivity contribution in [3.05, 3.63) is 53.1 Å². The van der Waals surface area contributed by atoms with Crippen LogP contribution in [-0.4, -0.2) is 9.85 Å². The third-order valence-corrected chi connectivity index (χ3v) is 3.81. The van der Waals surface area contributed by atoms with Crippen LogP contribution in [0.4, 0.5) is 11.4 Å². The van der Waals surface area contributed by atoms with E-state index in [0.717, 1.165) is 0 Å². The topological polar surface area (TPSA) is 86.3 Å². The summed E-state index contributed by atoms with van der Waals surface area (Å²) in [5.74, 6) is 0. The summed E-state index contributed by atoms with van der Waals surface area (Å²) in [6, 6.07) is 6.28. The number of benzene rings is 2. The first kappa shape index (κ1) is 13.0. The summed E-state index contributed by atoms with van der Waals surface area (Å²) < 4.78 is -0.0636. The zero-order valence-electron chi connectivity index (χ0n) is 8.59. The van der Waals surface area contributed by atoms with E-state index in [9.17, 15) is 20.2 Å². The predicted octanol–water partition coefficient (Wildman–Crippen LogP) is 3.91. The maximum absolute atomic E-state index is 11.1. The number of fused-ring (bicyclic) bond motifs is 1. The van der Waals surface area contributed by atoms with Gasteiger partial charge in [-0.1, -0.05) is 29.8 Å². The molecule has 0 aliphatic heterocycles. The minimum Gasteiger partial charge on any atom is -0.258 e. The quantitative estimate of drug-likeness (QED) is 0.450. The molecule has 0 aromatic heterocycles. The highest BCUT2D eigenvalue weighted by Crippen LogP contribution is 2.43. The lowest BCUT2D eigenvalue weighted by Crippen LogP contribution is -2.00. The molecular weight excluding hydrogens is 374 g/mol. The first-order chi connectivity index (χ1) is 8.45. The number of rotatable bonds is 2. The van der Waals surface area contributed by atoms with E-state index < -0.39 is 15.5 Å². The molecule has 8 heteroatoms. The molecule has 18 heavy (non-hydrogen) atoms. The van der Waals surface area contributed by atoms with Crippen LogP contribution in [0.25, 0.3) is 10.8 Å². The van der Waals surface area contributed by atoms with E-state index >= 15 is 0 Å². The molecule has 0 N–H and O–H groups in total. The molecular formula is C10H4ClIN2O4. The maximum Gasteiger partial charge on any atom is 0.308 e. The van der Waals surface area contributed by atoms with Gasteiger partial charge in [-0.2, -0.15) is 0 Å². The fourth-order valence-corrected chi connectivity index (χ4v) is 3.12. The summed E-state index contributed by atoms with van der Waals surface area (Å²) in [6.45, 7) is 0. The number of nitro groups is 2. The molecule has 0 amide bonds. The molecule has 0 radical (unpaired) electrons. The van der Waals surface area contributed by atoms with E-state index in [1.165, 1.54) is 12.1 Å². The normalized spacial score (nSPS) is 10.6. The van der Waals surface area contributed by atoms with Crippen molar-refractivity contribution in [2.45, 2.75) is 0 Å². The van der Waals surface area contributed by atoms with Gasteiger partial charge in [-0.05, 0) is 28.7 Å². The van der Waals surface area contributed by atoms with Crippen molar-refractivity contribution in [2.24, 2.45) is 0 Å². The molecule has 0 unspecified atom stereocenters. The Morgan fingerprint density at radius 2 is 1.50 bits per heavy atom. The second-order valence-electron chi connectivity index (χ2n) is 3.38. The molecule has 0 aliphatic carbocycles. The first-order valence-electron chi connectivity index (χ1n) is 4.63. The average molecular weight is 379 g/mol. The van der Waals surface area contributed by atoms with Crippen LogP contribution >= 0.6 is 34.2 Å². The molecule has 2 aromatic rings. The van der Waals surface area contributed by atoms with Crippen molar-refractivity contribution in [3.63, 3.8) is 0 Å². The van der Waals surface area contributed by atoms with Crippen LogP contribution in [0, 0.1) is 23.8 Å². The first-order valence-corrected chi connectivity index (χ1v) is 6.09. The lowest BCUT2D eigenvalue weighted by atomic mass is 10.1. The molecule has 0 saturated carbocycles. The molecule has 6 nitrogen and oxygen atoms in total. The van der Waals surface area contributed by atoms with Crippen molar-refractivity contribution < 1.29 is 9.85 Å². The molecule has 0 bridgehead atoms. The lowest BCUT2D eigenvalue weighted by Gasteiger charge is -2.05. The smallest absolute Gasteiger partial charge is 0.258 e. The summed E-state index contributed by atoms with van der Waals surface area (Å²) in [5.41, 5.74) is -0.718. The number of nitro benzene ring substituents is 2. The van der Waals surface area contributed by atoms with E-state index in [4.69, 9.17) is 11.6 Å². The van der Waals surface area contributed by atoms with Gasteiger partial charge in [0, 0.05) is 5.39 Å². The third-order valence-electron chi connectivity index (χ3n) is 2.41. The van der Waals surface area contributed by atoms with Crippen molar-refractivity contribution in [1.29, 1.82) is 0 Å². The Morgan fingerprint density at radius 3 is 2.00 bits per heavy atom. The molecule has 2 rings (SSSR count). The van der Waals surface area contributed by atoms with Gasteiger partial charge >= 0.3 is 5.69 Å². The molecule has 92 valence electrons. The fraction of sp³-hybridized carbons (Fsp3) is 0. The maximum atomic E-state index is 11.1. The van der Waals surface area contributed by atoms with E-state index in [1.807, 2.05) is 0 Å². The van der Waals surface area contributed by atoms with Crippen molar-refractivity contribution in [3.8, 4) is 0 Å². The van der Waals surface area contributed by atoms with Gasteiger partial charge in [0.2, 0.25) is 0 Å². The zero-order valence-corrected chi connectivity index (χ0v) is 11.5. The fourth-order valence-electron chi connectivity index (χ4n) is 1.67. The Balaban J connectivity index is 3.06. The summed E-state index contributed by atoms with van der Waals surface area (Å²) in [5, 5.41) is 22.5. The van der Waals surface area contributed by atoms with E-state index in [2.05, 4.69) is 0 Å². The van der Waals surface area contributed by atoms with Gasteiger partial charge in [0.1, 0.15) is 5.02 Å². The number of hydrogen-bond acceptors (Lipinski definition) is 4. The predicted molar refractivity (Wildman–Crippen MR) is 75.0 cm³/mol. The number of halogens is 2. The van der Waals surface area contributed by atoms with Gasteiger partial charge in [-0.3, -0.25) is 20.2 Å². The van der Waals surface area contributed by atoms with Crippen LogP contribution in [0.2, 0.25) is 5.02 Å². The van der Waals surface area contributed by atoms with Crippen molar-refractivity contribution in [2.75, 3.05) is 0 Å². The second kappa shape index (κ2) is 4.65. The van der Waals surface area contributed by atoms with Gasteiger partial charge in [0.25, 0.3) is 5.69 Å². The van der Waals surface area contributed by atoms with Crippen LogP contribution in [0.5, 0.6) is 0 Å². The Morgan fingerprint density at radius 1 is 1.00 bits per heavy atom. The molecule has 0 atom stereocenters. The Bertz CT molecular complexity index is 689. The van der Waals surface area contributed by atoms with E-state index in [0.29, 0.717) is 10.8 Å². The molecule has 0 heterocycles. The monoisotopic (exact) mass is 378 g/mol. The highest BCUT2D eigenvalue weighted by molar-refractivity contribution is 14.1. The van der Waals surface area contributed by atoms with Gasteiger partial charge in [0.05, 0.1) is 15.2 Å². The summed E-state index contributed by atoms with van der Waals surface area (Å²) >= 11 is 7.53. The Kier molecular flexibility index (Phi) is 3.35. The SMILES string of the molecule is O=[N+]([O-])c1c(I)c([N+](=O)[O-])c2ccccc2c1Cl. The molecule has 0 saturated heterocycles. The lowest BCUT2D eigenvalue weighted by molar-refractivity contribution is -0.394. The van der Waals surface area contributed by atoms with Crippen LogP contribution in [-0.2, 0) is 0 Å². The van der Waals surface area contributed by atoms with Crippen molar-refractivity contribution >= 4 is 56.3 Å². The van der Waals surface area contributed by atoms with E-state index in [1.54, 1.807) is 34.7 Å². The number of hydrogen-bond donors (Lipinski definition) is 0. The highest BCUT2D eigenvalue weighted by Gasteiger charge is 2.30. The minimum absolute atomic E-state index is 0.0636. The van der Waals surface area contributed by atoms with Crippen molar-refractivity contribution in [1.82, 2.24) is 0 Å². The van der Waals surface area contributed by atoms with Gasteiger partial charge in [-0.25, -0.2) is 0 Å². The van der Waals surface area contributed by atoms with Crippen LogP contribution < -0.4 is 0 Å². The van der Waals surface area contributed by atoms with Gasteiger partial charge in [0.15, 0.2) is 3.57 Å². The molecule has 2 aromatic carbocycles. The standard InChI is InChI=1S/C10H4ClIN2O4/c11-7-5-3-1-2-4-6(5)9(13(15)16)8(12)10(7)14(17)18/h1-4H. The third kappa shape index (κ3) is 1.89. The zero-order chi connectivity index (χ0) is 13.4. The minimum atomic E-state index is -0.705. The number of nitrogens with zero attached hydrogens (tertiary/aromatic N) is 2. The molecule has 0 fully saturated rings. The van der Waals surface area contributed by atoms with Gasteiger partial charge < -0.3 is 0 Å². The molecule has 0 spiro atoms. The van der Waals surface area contributed by atoms with E-state index in [-0.39, 0.29) is 14.3 Å². The Hall–Kier alpha value is -1.48. The highest BCUT2D eigenvalue weighted by atomic mass is 127. The molecule has 0 aliphatic rings. The summed E-state index contributed by atoms with van der Waals surface area (Å²) in [4.78, 5) is 20.7. The largest absolute Gasteiger partial charge is 0.308 e. The van der Waals surface area contributed by atoms with Crippen LogP contribution in [0.3, 0.4) is 0 Å². The van der Waals surface area contributed by atoms with Crippen LogP contribution in [0.1, 0.15) is 0 Å². The Labute approximate surface area is 119 Å². The summed E-state index contributed by atoms with van der Waals surface area (Å²) in [6.07, 6.45) is 0. The van der Waals surface area contributed by atoms with Gasteiger partial charge in [-0.15, -0.1) is 0 Å². The average Bonchev–Trinajstić information content (AvgIpc) is 2.28. The summed E-state index contributed by atoms with van der Waals surface area (Å²) in [7, 11) is 0. The second-order valence-corrected chi connectivity index (χ2v) is 4.84. The van der Waals surface area contributed by atoms with Crippen LogP contribution in [0.15, 0.2) is 24.3 Å².